The number of aromatic amines is 1. The molecule has 4 heterocycles. The van der Waals surface area contributed by atoms with E-state index in [1.54, 1.807) is 6.20 Å². The molecule has 1 fully saturated rings. The molecule has 9 heteroatoms. The van der Waals surface area contributed by atoms with Crippen molar-refractivity contribution in [3.05, 3.63) is 35.4 Å². The Morgan fingerprint density at radius 2 is 2.13 bits per heavy atom. The lowest BCUT2D eigenvalue weighted by Gasteiger charge is -2.28. The first kappa shape index (κ1) is 17.9. The van der Waals surface area contributed by atoms with Gasteiger partial charge in [0.15, 0.2) is 11.5 Å². The van der Waals surface area contributed by atoms with Gasteiger partial charge in [-0.1, -0.05) is 23.8 Å². The van der Waals surface area contributed by atoms with Crippen LogP contribution in [0.5, 0.6) is 0 Å². The van der Waals surface area contributed by atoms with Crippen LogP contribution < -0.4 is 11.1 Å². The Kier molecular flexibility index (Phi) is 3.93. The molecule has 0 saturated heterocycles. The Balaban J connectivity index is 1.39. The molecular formula is C21H22ClN7O. The molecule has 3 aliphatic rings. The molecular weight excluding hydrogens is 402 g/mol. The van der Waals surface area contributed by atoms with E-state index in [4.69, 9.17) is 22.3 Å². The number of amides is 1. The fraction of sp³-hybridized carbons (Fsp3) is 0.429. The van der Waals surface area contributed by atoms with Crippen molar-refractivity contribution in [3.63, 3.8) is 0 Å². The summed E-state index contributed by atoms with van der Waals surface area (Å²) in [6, 6.07) is -0.0905. The fourth-order valence-corrected chi connectivity index (χ4v) is 5.49. The highest BCUT2D eigenvalue weighted by Gasteiger charge is 2.47. The highest BCUT2D eigenvalue weighted by atomic mass is 35.5. The van der Waals surface area contributed by atoms with Crippen molar-refractivity contribution < 1.29 is 4.79 Å². The minimum absolute atomic E-state index is 0.0905. The molecule has 154 valence electrons. The van der Waals surface area contributed by atoms with Crippen molar-refractivity contribution in [3.8, 4) is 11.5 Å². The normalized spacial score (nSPS) is 27.0. The molecule has 2 aliphatic carbocycles. The molecule has 2 bridgehead atoms. The van der Waals surface area contributed by atoms with Crippen LogP contribution in [0, 0.1) is 17.8 Å². The van der Waals surface area contributed by atoms with Crippen molar-refractivity contribution >= 4 is 34.4 Å². The second-order valence-corrected chi connectivity index (χ2v) is 8.91. The van der Waals surface area contributed by atoms with E-state index < -0.39 is 0 Å². The van der Waals surface area contributed by atoms with Gasteiger partial charge < -0.3 is 20.6 Å². The number of aryl methyl sites for hydroxylation is 2. The lowest BCUT2D eigenvalue weighted by Crippen LogP contribution is -2.41. The molecule has 1 amide bonds. The standard InChI is InChI=1S/C21H22ClN7O/c22-12-8-24-21-18(17(12)26-16-11-5-4-10(7-11)15(16)19(23)30)27-20(28-21)13-9-29-6-2-1-3-14(29)25-13/h4-5,8-11,15-16H,1-3,6-7H2,(H2,23,30)(H2,24,26,27,28)/t10-,11-,15+,16-/m1/s1. The van der Waals surface area contributed by atoms with E-state index in [-0.39, 0.29) is 29.7 Å². The highest BCUT2D eigenvalue weighted by Crippen LogP contribution is 2.46. The fourth-order valence-electron chi connectivity index (χ4n) is 5.30. The van der Waals surface area contributed by atoms with Gasteiger partial charge in [-0.05, 0) is 31.1 Å². The van der Waals surface area contributed by atoms with Gasteiger partial charge in [-0.2, -0.15) is 0 Å². The van der Waals surface area contributed by atoms with Gasteiger partial charge in [-0.15, -0.1) is 0 Å². The van der Waals surface area contributed by atoms with Gasteiger partial charge in [-0.3, -0.25) is 4.79 Å². The van der Waals surface area contributed by atoms with E-state index in [1.165, 1.54) is 12.8 Å². The maximum atomic E-state index is 12.1. The van der Waals surface area contributed by atoms with E-state index >= 15 is 0 Å². The summed E-state index contributed by atoms with van der Waals surface area (Å²) in [7, 11) is 0. The average molecular weight is 424 g/mol. The summed E-state index contributed by atoms with van der Waals surface area (Å²) in [5.41, 5.74) is 8.53. The second-order valence-electron chi connectivity index (χ2n) is 8.50. The maximum absolute atomic E-state index is 12.1. The Morgan fingerprint density at radius 3 is 2.97 bits per heavy atom. The third kappa shape index (κ3) is 2.66. The zero-order chi connectivity index (χ0) is 20.4. The highest BCUT2D eigenvalue weighted by molar-refractivity contribution is 6.34. The molecule has 0 radical (unpaired) electrons. The van der Waals surface area contributed by atoms with Crippen molar-refractivity contribution in [1.29, 1.82) is 0 Å². The van der Waals surface area contributed by atoms with Crippen LogP contribution in [0.1, 0.15) is 25.1 Å². The third-order valence-electron chi connectivity index (χ3n) is 6.72. The van der Waals surface area contributed by atoms with E-state index in [0.29, 0.717) is 22.2 Å². The van der Waals surface area contributed by atoms with Crippen LogP contribution in [0.15, 0.2) is 24.5 Å². The number of carbonyl (C=O) groups excluding carboxylic acids is 1. The first-order chi connectivity index (χ1) is 14.6. The van der Waals surface area contributed by atoms with Crippen LogP contribution in [0.4, 0.5) is 5.69 Å². The van der Waals surface area contributed by atoms with Gasteiger partial charge in [0.25, 0.3) is 0 Å². The maximum Gasteiger partial charge on any atom is 0.223 e. The summed E-state index contributed by atoms with van der Waals surface area (Å²) in [5.74, 6) is 1.69. The number of halogens is 1. The summed E-state index contributed by atoms with van der Waals surface area (Å²) < 4.78 is 2.20. The summed E-state index contributed by atoms with van der Waals surface area (Å²) in [6.45, 7) is 0.992. The zero-order valence-corrected chi connectivity index (χ0v) is 17.1. The number of aromatic nitrogens is 5. The number of hydrogen-bond donors (Lipinski definition) is 3. The van der Waals surface area contributed by atoms with Gasteiger partial charge in [-0.25, -0.2) is 15.0 Å². The first-order valence-corrected chi connectivity index (χ1v) is 10.8. The van der Waals surface area contributed by atoms with Gasteiger partial charge in [0.2, 0.25) is 5.91 Å². The summed E-state index contributed by atoms with van der Waals surface area (Å²) in [5, 5.41) is 3.99. The van der Waals surface area contributed by atoms with E-state index in [2.05, 4.69) is 37.0 Å². The molecule has 0 aromatic carbocycles. The molecule has 30 heavy (non-hydrogen) atoms. The number of imidazole rings is 2. The zero-order valence-electron chi connectivity index (χ0n) is 16.3. The summed E-state index contributed by atoms with van der Waals surface area (Å²) >= 11 is 6.52. The number of H-pyrrole nitrogens is 1. The largest absolute Gasteiger partial charge is 0.378 e. The molecule has 3 aromatic heterocycles. The van der Waals surface area contributed by atoms with Gasteiger partial charge in [0.05, 0.1) is 22.8 Å². The minimum Gasteiger partial charge on any atom is -0.378 e. The number of anilines is 1. The third-order valence-corrected chi connectivity index (χ3v) is 7.01. The summed E-state index contributed by atoms with van der Waals surface area (Å²) in [4.78, 5) is 29.3. The Labute approximate surface area is 177 Å². The molecule has 6 rings (SSSR count). The molecule has 0 spiro atoms. The molecule has 0 unspecified atom stereocenters. The smallest absolute Gasteiger partial charge is 0.223 e. The Hall–Kier alpha value is -2.87. The number of nitrogens with one attached hydrogen (secondary N) is 2. The number of hydrogen-bond acceptors (Lipinski definition) is 5. The van der Waals surface area contributed by atoms with Crippen LogP contribution in [0.3, 0.4) is 0 Å². The predicted molar refractivity (Wildman–Crippen MR) is 114 cm³/mol. The summed E-state index contributed by atoms with van der Waals surface area (Å²) in [6.07, 6.45) is 12.2. The van der Waals surface area contributed by atoms with Gasteiger partial charge >= 0.3 is 0 Å². The molecule has 8 nitrogen and oxygen atoms in total. The quantitative estimate of drug-likeness (QED) is 0.558. The number of carbonyl (C=O) groups is 1. The topological polar surface area (TPSA) is 115 Å². The number of allylic oxidation sites excluding steroid dienone is 1. The lowest BCUT2D eigenvalue weighted by molar-refractivity contribution is -0.122. The number of nitrogens with two attached hydrogens (primary N) is 1. The Morgan fingerprint density at radius 1 is 1.27 bits per heavy atom. The first-order valence-electron chi connectivity index (χ1n) is 10.4. The van der Waals surface area contributed by atoms with Crippen LogP contribution in [0.2, 0.25) is 5.02 Å². The van der Waals surface area contributed by atoms with Crippen molar-refractivity contribution in [2.75, 3.05) is 5.32 Å². The van der Waals surface area contributed by atoms with Crippen LogP contribution in [0.25, 0.3) is 22.7 Å². The number of primary amides is 1. The molecule has 3 aromatic rings. The molecule has 1 saturated carbocycles. The number of nitrogens with zero attached hydrogens (tertiary/aromatic N) is 4. The van der Waals surface area contributed by atoms with E-state index in [1.807, 2.05) is 6.20 Å². The van der Waals surface area contributed by atoms with Crippen LogP contribution >= 0.6 is 11.6 Å². The Bertz CT molecular complexity index is 1170. The molecule has 4 N–H and O–H groups in total. The average Bonchev–Trinajstić information content (AvgIpc) is 3.51. The van der Waals surface area contributed by atoms with E-state index in [0.717, 1.165) is 36.4 Å². The van der Waals surface area contributed by atoms with Crippen molar-refractivity contribution in [1.82, 2.24) is 24.5 Å². The van der Waals surface area contributed by atoms with Crippen molar-refractivity contribution in [2.24, 2.45) is 23.5 Å². The second kappa shape index (κ2) is 6.57. The van der Waals surface area contributed by atoms with Gasteiger partial charge in [0, 0.05) is 25.2 Å². The monoisotopic (exact) mass is 423 g/mol. The SMILES string of the molecule is NC(=O)[C@@H]1[C@H](Nc2c(Cl)cnc3nc(-c4cn5c(n4)CCCC5)[nH]c23)[C@@H]2C=C[C@@H]1C2. The molecule has 4 atom stereocenters. The minimum atomic E-state index is -0.278. The van der Waals surface area contributed by atoms with Crippen molar-refractivity contribution in [2.45, 2.75) is 38.3 Å². The van der Waals surface area contributed by atoms with E-state index in [9.17, 15) is 4.79 Å². The predicted octanol–water partition coefficient (Wildman–Crippen LogP) is 2.90. The van der Waals surface area contributed by atoms with Crippen LogP contribution in [-0.2, 0) is 17.8 Å². The number of rotatable bonds is 4. The number of fused-ring (bicyclic) bond motifs is 4. The lowest BCUT2D eigenvalue weighted by atomic mass is 9.88. The van der Waals surface area contributed by atoms with Crippen LogP contribution in [-0.4, -0.2) is 36.5 Å². The van der Waals surface area contributed by atoms with Gasteiger partial charge in [0.1, 0.15) is 17.0 Å². The number of pyridine rings is 1. The molecule has 1 aliphatic heterocycles.